The molecule has 2 N–H and O–H groups in total. The summed E-state index contributed by atoms with van der Waals surface area (Å²) in [5.41, 5.74) is 4.72. The Bertz CT molecular complexity index is 1540. The van der Waals surface area contributed by atoms with E-state index in [1.54, 1.807) is 12.1 Å². The van der Waals surface area contributed by atoms with Crippen LogP contribution in [0.4, 0.5) is 0 Å². The molecular formula is C35H40N4O4. The highest BCUT2D eigenvalue weighted by atomic mass is 16.5. The number of ether oxygens (including phenoxy) is 1. The van der Waals surface area contributed by atoms with Crippen LogP contribution in [0.2, 0.25) is 0 Å². The van der Waals surface area contributed by atoms with Crippen LogP contribution in [0.25, 0.3) is 10.9 Å². The molecule has 6 rings (SSSR count). The van der Waals surface area contributed by atoms with Gasteiger partial charge in [-0.2, -0.15) is 0 Å². The molecule has 2 aliphatic heterocycles. The second-order valence-electron chi connectivity index (χ2n) is 11.4. The fourth-order valence-corrected chi connectivity index (χ4v) is 6.50. The Labute approximate surface area is 252 Å². The predicted molar refractivity (Wildman–Crippen MR) is 167 cm³/mol. The first-order valence-corrected chi connectivity index (χ1v) is 15.4. The van der Waals surface area contributed by atoms with Gasteiger partial charge < -0.3 is 24.6 Å². The van der Waals surface area contributed by atoms with E-state index in [1.165, 1.54) is 0 Å². The van der Waals surface area contributed by atoms with Crippen molar-refractivity contribution in [2.75, 3.05) is 52.5 Å². The molecule has 0 spiro atoms. The molecule has 2 saturated heterocycles. The fourth-order valence-electron chi connectivity index (χ4n) is 6.50. The van der Waals surface area contributed by atoms with Gasteiger partial charge in [0.25, 0.3) is 5.91 Å². The summed E-state index contributed by atoms with van der Waals surface area (Å²) in [7, 11) is 0. The van der Waals surface area contributed by atoms with E-state index in [2.05, 4.69) is 39.0 Å². The van der Waals surface area contributed by atoms with Crippen LogP contribution in [0.5, 0.6) is 5.75 Å². The molecule has 4 aromatic rings. The zero-order valence-electron chi connectivity index (χ0n) is 24.6. The molecule has 0 bridgehead atoms. The van der Waals surface area contributed by atoms with Crippen molar-refractivity contribution in [2.24, 2.45) is 0 Å². The number of carbonyl (C=O) groups is 2. The quantitative estimate of drug-likeness (QED) is 0.253. The average molecular weight is 581 g/mol. The molecule has 2 fully saturated rings. The first-order valence-electron chi connectivity index (χ1n) is 15.4. The van der Waals surface area contributed by atoms with Crippen LogP contribution in [0, 0.1) is 0 Å². The maximum atomic E-state index is 14.3. The second-order valence-corrected chi connectivity index (χ2v) is 11.4. The van der Waals surface area contributed by atoms with E-state index >= 15 is 0 Å². The highest BCUT2D eigenvalue weighted by Crippen LogP contribution is 2.40. The van der Waals surface area contributed by atoms with Crippen molar-refractivity contribution in [2.45, 2.75) is 31.7 Å². The minimum Gasteiger partial charge on any atom is -0.508 e. The Hall–Kier alpha value is -4.14. The van der Waals surface area contributed by atoms with E-state index in [9.17, 15) is 14.7 Å². The maximum absolute atomic E-state index is 14.3. The number of nitrogens with zero attached hydrogens (tertiary/aromatic N) is 3. The van der Waals surface area contributed by atoms with Crippen LogP contribution in [-0.4, -0.2) is 83.8 Å². The molecule has 1 unspecified atom stereocenters. The second kappa shape index (κ2) is 13.4. The predicted octanol–water partition coefficient (Wildman–Crippen LogP) is 4.60. The van der Waals surface area contributed by atoms with E-state index in [1.807, 2.05) is 47.4 Å². The molecule has 224 valence electrons. The number of para-hydroxylation sites is 1. The normalized spacial score (nSPS) is 16.6. The number of benzene rings is 3. The SMILES string of the molecule is O=C(NCCCN1CCCC1=O)c1c(C(c2ccccc2)c2ccc(O)cc2)c2ccccc2n1CCN1CCOCC1. The molecule has 8 heteroatoms. The summed E-state index contributed by atoms with van der Waals surface area (Å²) >= 11 is 0. The molecule has 2 aliphatic rings. The van der Waals surface area contributed by atoms with E-state index < -0.39 is 0 Å². The lowest BCUT2D eigenvalue weighted by atomic mass is 9.83. The molecule has 1 atom stereocenters. The third kappa shape index (κ3) is 6.45. The number of aromatic hydroxyl groups is 1. The number of morpholine rings is 1. The van der Waals surface area contributed by atoms with Crippen LogP contribution in [0.15, 0.2) is 78.9 Å². The number of nitrogens with one attached hydrogen (secondary N) is 1. The van der Waals surface area contributed by atoms with Gasteiger partial charge in [0, 0.05) is 74.6 Å². The highest BCUT2D eigenvalue weighted by Gasteiger charge is 2.30. The van der Waals surface area contributed by atoms with E-state index in [4.69, 9.17) is 4.74 Å². The average Bonchev–Trinajstić information content (AvgIpc) is 3.60. The van der Waals surface area contributed by atoms with Crippen molar-refractivity contribution in [1.29, 1.82) is 0 Å². The van der Waals surface area contributed by atoms with Gasteiger partial charge in [0.2, 0.25) is 5.91 Å². The Morgan fingerprint density at radius 3 is 2.33 bits per heavy atom. The standard InChI is InChI=1S/C35H40N4O4/c40-28-15-13-27(14-16-28)32(26-8-2-1-3-9-26)33-29-10-4-5-11-30(29)39(21-20-37-22-24-43-25-23-37)34(33)35(42)36-17-7-19-38-18-6-12-31(38)41/h1-5,8-11,13-16,32,40H,6-7,12,17-25H2,(H,36,42). The molecule has 2 amide bonds. The van der Waals surface area contributed by atoms with Gasteiger partial charge in [0.15, 0.2) is 0 Å². The summed E-state index contributed by atoms with van der Waals surface area (Å²) in [6.07, 6.45) is 2.24. The maximum Gasteiger partial charge on any atom is 0.268 e. The monoisotopic (exact) mass is 580 g/mol. The van der Waals surface area contributed by atoms with Crippen LogP contribution >= 0.6 is 0 Å². The number of amides is 2. The van der Waals surface area contributed by atoms with Gasteiger partial charge in [-0.05, 0) is 42.2 Å². The number of hydrogen-bond donors (Lipinski definition) is 2. The van der Waals surface area contributed by atoms with Gasteiger partial charge in [-0.3, -0.25) is 14.5 Å². The van der Waals surface area contributed by atoms with Crippen LogP contribution in [0.1, 0.15) is 52.4 Å². The summed E-state index contributed by atoms with van der Waals surface area (Å²) < 4.78 is 7.76. The number of aromatic nitrogens is 1. The Balaban J connectivity index is 1.41. The summed E-state index contributed by atoms with van der Waals surface area (Å²) in [5, 5.41) is 14.4. The van der Waals surface area contributed by atoms with E-state index in [0.29, 0.717) is 38.2 Å². The third-order valence-corrected chi connectivity index (χ3v) is 8.68. The number of phenols is 1. The highest BCUT2D eigenvalue weighted by molar-refractivity contribution is 6.03. The van der Waals surface area contributed by atoms with Gasteiger partial charge in [0.1, 0.15) is 11.4 Å². The topological polar surface area (TPSA) is 87.0 Å². The van der Waals surface area contributed by atoms with Crippen LogP contribution in [-0.2, 0) is 16.1 Å². The molecule has 8 nitrogen and oxygen atoms in total. The largest absolute Gasteiger partial charge is 0.508 e. The molecule has 43 heavy (non-hydrogen) atoms. The van der Waals surface area contributed by atoms with Gasteiger partial charge in [0.05, 0.1) is 13.2 Å². The Kier molecular flexibility index (Phi) is 9.05. The molecule has 3 aromatic carbocycles. The number of fused-ring (bicyclic) bond motifs is 1. The van der Waals surface area contributed by atoms with E-state index in [-0.39, 0.29) is 23.5 Å². The Morgan fingerprint density at radius 2 is 1.58 bits per heavy atom. The number of rotatable bonds is 11. The molecular weight excluding hydrogens is 540 g/mol. The molecule has 0 saturated carbocycles. The van der Waals surface area contributed by atoms with Gasteiger partial charge in [-0.15, -0.1) is 0 Å². The van der Waals surface area contributed by atoms with Crippen LogP contribution < -0.4 is 5.32 Å². The molecule has 3 heterocycles. The van der Waals surface area contributed by atoms with Gasteiger partial charge >= 0.3 is 0 Å². The molecule has 1 aromatic heterocycles. The van der Waals surface area contributed by atoms with Gasteiger partial charge in [-0.1, -0.05) is 60.7 Å². The summed E-state index contributed by atoms with van der Waals surface area (Å²) in [5.74, 6) is 0.0781. The lowest BCUT2D eigenvalue weighted by Gasteiger charge is -2.27. The smallest absolute Gasteiger partial charge is 0.268 e. The first-order chi connectivity index (χ1) is 21.1. The summed E-state index contributed by atoms with van der Waals surface area (Å²) in [6.45, 7) is 6.64. The third-order valence-electron chi connectivity index (χ3n) is 8.68. The van der Waals surface area contributed by atoms with Crippen molar-refractivity contribution < 1.29 is 19.4 Å². The summed E-state index contributed by atoms with van der Waals surface area (Å²) in [4.78, 5) is 30.7. The lowest BCUT2D eigenvalue weighted by Crippen LogP contribution is -2.38. The Morgan fingerprint density at radius 1 is 0.860 bits per heavy atom. The first kappa shape index (κ1) is 29.0. The number of carbonyl (C=O) groups excluding carboxylic acids is 2. The van der Waals surface area contributed by atoms with Crippen molar-refractivity contribution in [3.8, 4) is 5.75 Å². The number of phenolic OH excluding ortho intramolecular Hbond substituents is 1. The number of likely N-dealkylation sites (tertiary alicyclic amines) is 1. The van der Waals surface area contributed by atoms with Crippen molar-refractivity contribution in [3.63, 3.8) is 0 Å². The van der Waals surface area contributed by atoms with Crippen LogP contribution in [0.3, 0.4) is 0 Å². The van der Waals surface area contributed by atoms with Crippen molar-refractivity contribution in [3.05, 3.63) is 101 Å². The zero-order chi connectivity index (χ0) is 29.6. The minimum absolute atomic E-state index is 0.111. The van der Waals surface area contributed by atoms with Crippen molar-refractivity contribution in [1.82, 2.24) is 19.7 Å². The molecule has 0 aliphatic carbocycles. The van der Waals surface area contributed by atoms with Gasteiger partial charge in [-0.25, -0.2) is 0 Å². The fraction of sp³-hybridized carbons (Fsp3) is 0.371. The molecule has 0 radical (unpaired) electrons. The van der Waals surface area contributed by atoms with Crippen molar-refractivity contribution >= 4 is 22.7 Å². The van der Waals surface area contributed by atoms with E-state index in [0.717, 1.165) is 73.4 Å². The lowest BCUT2D eigenvalue weighted by molar-refractivity contribution is -0.127. The minimum atomic E-state index is -0.223. The summed E-state index contributed by atoms with van der Waals surface area (Å²) in [6, 6.07) is 25.9. The zero-order valence-corrected chi connectivity index (χ0v) is 24.6. The number of hydrogen-bond acceptors (Lipinski definition) is 5.